The van der Waals surface area contributed by atoms with Crippen molar-refractivity contribution in [2.45, 2.75) is 6.92 Å². The van der Waals surface area contributed by atoms with Crippen molar-refractivity contribution in [3.05, 3.63) is 12.0 Å². The van der Waals surface area contributed by atoms with E-state index in [2.05, 4.69) is 26.8 Å². The van der Waals surface area contributed by atoms with Crippen molar-refractivity contribution in [1.82, 2.24) is 14.9 Å². The SMILES string of the molecule is Cc1ncc(O)c(N2CCN(C)CC2)n1. The van der Waals surface area contributed by atoms with Gasteiger partial charge in [-0.3, -0.25) is 0 Å². The number of aromatic hydroxyl groups is 1. The van der Waals surface area contributed by atoms with E-state index in [0.717, 1.165) is 26.2 Å². The minimum atomic E-state index is 0.171. The number of hydrogen-bond acceptors (Lipinski definition) is 5. The van der Waals surface area contributed by atoms with Crippen molar-refractivity contribution in [3.8, 4) is 5.75 Å². The van der Waals surface area contributed by atoms with Crippen LogP contribution in [0.2, 0.25) is 0 Å². The number of aryl methyl sites for hydroxylation is 1. The molecule has 2 rings (SSSR count). The van der Waals surface area contributed by atoms with E-state index in [9.17, 15) is 5.11 Å². The highest BCUT2D eigenvalue weighted by Gasteiger charge is 2.18. The highest BCUT2D eigenvalue weighted by molar-refractivity contribution is 5.50. The molecule has 0 unspecified atom stereocenters. The Kier molecular flexibility index (Phi) is 2.73. The summed E-state index contributed by atoms with van der Waals surface area (Å²) in [6.45, 7) is 5.64. The lowest BCUT2D eigenvalue weighted by molar-refractivity contribution is 0.310. The predicted octanol–water partition coefficient (Wildman–Crippen LogP) is 0.242. The van der Waals surface area contributed by atoms with Crippen LogP contribution in [0, 0.1) is 6.92 Å². The van der Waals surface area contributed by atoms with Crippen molar-refractivity contribution in [2.75, 3.05) is 38.1 Å². The van der Waals surface area contributed by atoms with Crippen LogP contribution < -0.4 is 4.90 Å². The molecule has 0 spiro atoms. The molecule has 0 radical (unpaired) electrons. The highest BCUT2D eigenvalue weighted by Crippen LogP contribution is 2.24. The summed E-state index contributed by atoms with van der Waals surface area (Å²) in [5.41, 5.74) is 0. The van der Waals surface area contributed by atoms with E-state index < -0.39 is 0 Å². The second-order valence-corrected chi connectivity index (χ2v) is 3.92. The Labute approximate surface area is 89.4 Å². The van der Waals surface area contributed by atoms with Crippen LogP contribution in [-0.2, 0) is 0 Å². The molecule has 15 heavy (non-hydrogen) atoms. The van der Waals surface area contributed by atoms with E-state index in [-0.39, 0.29) is 5.75 Å². The lowest BCUT2D eigenvalue weighted by atomic mass is 10.3. The zero-order valence-electron chi connectivity index (χ0n) is 9.14. The Morgan fingerprint density at radius 2 is 1.93 bits per heavy atom. The summed E-state index contributed by atoms with van der Waals surface area (Å²) in [4.78, 5) is 12.6. The molecule has 1 aromatic heterocycles. The van der Waals surface area contributed by atoms with Gasteiger partial charge in [-0.15, -0.1) is 0 Å². The second kappa shape index (κ2) is 4.02. The molecule has 0 saturated carbocycles. The fraction of sp³-hybridized carbons (Fsp3) is 0.600. The molecule has 1 aliphatic rings. The number of likely N-dealkylation sites (N-methyl/N-ethyl adjacent to an activating group) is 1. The van der Waals surface area contributed by atoms with Crippen LogP contribution >= 0.6 is 0 Å². The molecule has 0 amide bonds. The molecule has 82 valence electrons. The van der Waals surface area contributed by atoms with Gasteiger partial charge in [0.25, 0.3) is 0 Å². The molecular formula is C10H16N4O. The summed E-state index contributed by atoms with van der Waals surface area (Å²) in [6, 6.07) is 0. The lowest BCUT2D eigenvalue weighted by Crippen LogP contribution is -2.44. The van der Waals surface area contributed by atoms with Crippen LogP contribution in [0.3, 0.4) is 0 Å². The molecule has 0 atom stereocenters. The third kappa shape index (κ3) is 2.18. The second-order valence-electron chi connectivity index (χ2n) is 3.92. The van der Waals surface area contributed by atoms with Gasteiger partial charge in [-0.05, 0) is 14.0 Å². The fourth-order valence-corrected chi connectivity index (χ4v) is 1.70. The van der Waals surface area contributed by atoms with Gasteiger partial charge in [0, 0.05) is 26.2 Å². The van der Waals surface area contributed by atoms with Crippen LogP contribution in [-0.4, -0.2) is 53.2 Å². The van der Waals surface area contributed by atoms with Crippen LogP contribution in [0.4, 0.5) is 5.82 Å². The van der Waals surface area contributed by atoms with E-state index in [4.69, 9.17) is 0 Å². The summed E-state index contributed by atoms with van der Waals surface area (Å²) in [7, 11) is 2.10. The maximum Gasteiger partial charge on any atom is 0.177 e. The lowest BCUT2D eigenvalue weighted by Gasteiger charge is -2.33. The molecule has 1 aliphatic heterocycles. The van der Waals surface area contributed by atoms with Gasteiger partial charge in [0.15, 0.2) is 11.6 Å². The fourth-order valence-electron chi connectivity index (χ4n) is 1.70. The van der Waals surface area contributed by atoms with Gasteiger partial charge in [0.05, 0.1) is 6.20 Å². The molecule has 5 nitrogen and oxygen atoms in total. The smallest absolute Gasteiger partial charge is 0.177 e. The van der Waals surface area contributed by atoms with Crippen molar-refractivity contribution in [3.63, 3.8) is 0 Å². The number of nitrogens with zero attached hydrogens (tertiary/aromatic N) is 4. The molecule has 5 heteroatoms. The quantitative estimate of drug-likeness (QED) is 0.716. The summed E-state index contributed by atoms with van der Waals surface area (Å²) in [5.74, 6) is 1.53. The van der Waals surface area contributed by atoms with E-state index in [1.165, 1.54) is 6.20 Å². The third-order valence-corrected chi connectivity index (χ3v) is 2.67. The van der Waals surface area contributed by atoms with Gasteiger partial charge in [-0.25, -0.2) is 9.97 Å². The van der Waals surface area contributed by atoms with Crippen LogP contribution in [0.1, 0.15) is 5.82 Å². The molecule has 1 fully saturated rings. The van der Waals surface area contributed by atoms with Crippen molar-refractivity contribution >= 4 is 5.82 Å². The van der Waals surface area contributed by atoms with E-state index in [1.807, 2.05) is 6.92 Å². The van der Waals surface area contributed by atoms with Gasteiger partial charge in [-0.2, -0.15) is 0 Å². The summed E-state index contributed by atoms with van der Waals surface area (Å²) in [6.07, 6.45) is 1.47. The van der Waals surface area contributed by atoms with Gasteiger partial charge >= 0.3 is 0 Å². The van der Waals surface area contributed by atoms with Crippen LogP contribution in [0.15, 0.2) is 6.20 Å². The average Bonchev–Trinajstić information content (AvgIpc) is 2.23. The first kappa shape index (κ1) is 10.2. The summed E-state index contributed by atoms with van der Waals surface area (Å²) >= 11 is 0. The van der Waals surface area contributed by atoms with Crippen LogP contribution in [0.25, 0.3) is 0 Å². The summed E-state index contributed by atoms with van der Waals surface area (Å²) < 4.78 is 0. The Morgan fingerprint density at radius 3 is 2.60 bits per heavy atom. The molecule has 1 N–H and O–H groups in total. The Balaban J connectivity index is 2.18. The maximum atomic E-state index is 9.67. The van der Waals surface area contributed by atoms with E-state index >= 15 is 0 Å². The molecule has 1 saturated heterocycles. The monoisotopic (exact) mass is 208 g/mol. The number of anilines is 1. The molecular weight excluding hydrogens is 192 g/mol. The Hall–Kier alpha value is -1.36. The number of hydrogen-bond donors (Lipinski definition) is 1. The largest absolute Gasteiger partial charge is 0.503 e. The van der Waals surface area contributed by atoms with Gasteiger partial charge in [-0.1, -0.05) is 0 Å². The Morgan fingerprint density at radius 1 is 1.27 bits per heavy atom. The zero-order chi connectivity index (χ0) is 10.8. The first-order valence-electron chi connectivity index (χ1n) is 5.13. The molecule has 2 heterocycles. The maximum absolute atomic E-state index is 9.67. The Bertz CT molecular complexity index is 347. The van der Waals surface area contributed by atoms with E-state index in [0.29, 0.717) is 11.6 Å². The van der Waals surface area contributed by atoms with Crippen LogP contribution in [0.5, 0.6) is 5.75 Å². The first-order valence-corrected chi connectivity index (χ1v) is 5.13. The third-order valence-electron chi connectivity index (χ3n) is 2.67. The molecule has 1 aromatic rings. The van der Waals surface area contributed by atoms with Crippen molar-refractivity contribution in [1.29, 1.82) is 0 Å². The molecule has 0 bridgehead atoms. The highest BCUT2D eigenvalue weighted by atomic mass is 16.3. The minimum absolute atomic E-state index is 0.171. The number of rotatable bonds is 1. The molecule has 0 aliphatic carbocycles. The normalized spacial score (nSPS) is 18.1. The molecule has 0 aromatic carbocycles. The van der Waals surface area contributed by atoms with Crippen molar-refractivity contribution in [2.24, 2.45) is 0 Å². The summed E-state index contributed by atoms with van der Waals surface area (Å²) in [5, 5.41) is 9.67. The van der Waals surface area contributed by atoms with Gasteiger partial charge in [0.1, 0.15) is 5.82 Å². The number of aromatic nitrogens is 2. The van der Waals surface area contributed by atoms with Gasteiger partial charge < -0.3 is 14.9 Å². The average molecular weight is 208 g/mol. The van der Waals surface area contributed by atoms with Gasteiger partial charge in [0.2, 0.25) is 0 Å². The minimum Gasteiger partial charge on any atom is -0.503 e. The standard InChI is InChI=1S/C10H16N4O/c1-8-11-7-9(15)10(12-8)14-5-3-13(2)4-6-14/h7,15H,3-6H2,1-2H3. The van der Waals surface area contributed by atoms with E-state index in [1.54, 1.807) is 0 Å². The topological polar surface area (TPSA) is 52.5 Å². The predicted molar refractivity (Wildman–Crippen MR) is 58.1 cm³/mol. The first-order chi connectivity index (χ1) is 7.16. The zero-order valence-corrected chi connectivity index (χ0v) is 9.14. The van der Waals surface area contributed by atoms with Crippen molar-refractivity contribution < 1.29 is 5.11 Å². The number of piperazine rings is 1.